The molecule has 7 heteroatoms. The second-order valence-corrected chi connectivity index (χ2v) is 8.18. The molecule has 0 spiro atoms. The minimum absolute atomic E-state index is 0.399. The van der Waals surface area contributed by atoms with Gasteiger partial charge < -0.3 is 14.8 Å². The standard InChI is InChI=1S/C24H25N3O2S2/c1-18-8-13-23(29-14-15-31-22-6-4-3-5-7-22)19(16-18)17-25-27-24(30)26-20-9-11-21(28-2)12-10-20/h3-13,16-17H,14-15H2,1-2H3,(H2,26,27,30)/b25-17+. The number of rotatable bonds is 9. The molecule has 0 bridgehead atoms. The highest BCUT2D eigenvalue weighted by molar-refractivity contribution is 7.99. The number of nitrogens with one attached hydrogen (secondary N) is 2. The largest absolute Gasteiger partial charge is 0.497 e. The van der Waals surface area contributed by atoms with E-state index in [1.165, 1.54) is 4.90 Å². The Morgan fingerprint density at radius 3 is 2.58 bits per heavy atom. The van der Waals surface area contributed by atoms with Crippen molar-refractivity contribution in [3.05, 3.63) is 83.9 Å². The third kappa shape index (κ3) is 7.62. The third-order valence-corrected chi connectivity index (χ3v) is 5.41. The van der Waals surface area contributed by atoms with Crippen molar-refractivity contribution in [1.29, 1.82) is 0 Å². The van der Waals surface area contributed by atoms with E-state index in [0.29, 0.717) is 11.7 Å². The van der Waals surface area contributed by atoms with Gasteiger partial charge in [-0.1, -0.05) is 29.8 Å². The molecule has 3 rings (SSSR count). The van der Waals surface area contributed by atoms with Gasteiger partial charge in [-0.3, -0.25) is 5.43 Å². The summed E-state index contributed by atoms with van der Waals surface area (Å²) in [6.07, 6.45) is 1.72. The van der Waals surface area contributed by atoms with Crippen molar-refractivity contribution < 1.29 is 9.47 Å². The predicted molar refractivity (Wildman–Crippen MR) is 134 cm³/mol. The molecule has 0 radical (unpaired) electrons. The van der Waals surface area contributed by atoms with Crippen LogP contribution in [0.5, 0.6) is 11.5 Å². The summed E-state index contributed by atoms with van der Waals surface area (Å²) >= 11 is 7.07. The van der Waals surface area contributed by atoms with Gasteiger partial charge in [0.15, 0.2) is 5.11 Å². The number of thiocarbonyl (C=S) groups is 1. The van der Waals surface area contributed by atoms with E-state index in [0.717, 1.165) is 34.1 Å². The maximum absolute atomic E-state index is 5.99. The number of benzene rings is 3. The van der Waals surface area contributed by atoms with Crippen molar-refractivity contribution in [1.82, 2.24) is 5.43 Å². The van der Waals surface area contributed by atoms with E-state index in [2.05, 4.69) is 28.0 Å². The lowest BCUT2D eigenvalue weighted by Crippen LogP contribution is -2.23. The zero-order chi connectivity index (χ0) is 21.9. The number of aryl methyl sites for hydroxylation is 1. The van der Waals surface area contributed by atoms with E-state index in [1.54, 1.807) is 25.1 Å². The fraction of sp³-hybridized carbons (Fsp3) is 0.167. The number of thioether (sulfide) groups is 1. The van der Waals surface area contributed by atoms with Crippen LogP contribution in [0.15, 0.2) is 82.8 Å². The number of hydrogen-bond acceptors (Lipinski definition) is 5. The molecule has 0 aliphatic rings. The topological polar surface area (TPSA) is 54.9 Å². The molecule has 5 nitrogen and oxygen atoms in total. The normalized spacial score (nSPS) is 10.6. The van der Waals surface area contributed by atoms with Crippen LogP contribution < -0.4 is 20.2 Å². The molecule has 0 aliphatic heterocycles. The molecule has 0 unspecified atom stereocenters. The van der Waals surface area contributed by atoms with Gasteiger partial charge in [0.1, 0.15) is 11.5 Å². The highest BCUT2D eigenvalue weighted by Crippen LogP contribution is 2.21. The van der Waals surface area contributed by atoms with Crippen LogP contribution in [0.4, 0.5) is 5.69 Å². The van der Waals surface area contributed by atoms with Crippen LogP contribution in [0, 0.1) is 6.92 Å². The number of anilines is 1. The first-order valence-electron chi connectivity index (χ1n) is 9.79. The summed E-state index contributed by atoms with van der Waals surface area (Å²) in [5, 5.41) is 7.74. The molecular formula is C24H25N3O2S2. The van der Waals surface area contributed by atoms with Gasteiger partial charge in [0.05, 0.1) is 19.9 Å². The average Bonchev–Trinajstić information content (AvgIpc) is 2.79. The Labute approximate surface area is 192 Å². The molecule has 3 aromatic rings. The molecule has 0 saturated heterocycles. The second kappa shape index (κ2) is 12.0. The van der Waals surface area contributed by atoms with Gasteiger partial charge in [0.2, 0.25) is 0 Å². The highest BCUT2D eigenvalue weighted by Gasteiger charge is 2.03. The fourth-order valence-electron chi connectivity index (χ4n) is 2.72. The lowest BCUT2D eigenvalue weighted by atomic mass is 10.1. The van der Waals surface area contributed by atoms with E-state index in [9.17, 15) is 0 Å². The Balaban J connectivity index is 1.51. The van der Waals surface area contributed by atoms with Crippen LogP contribution in [-0.2, 0) is 0 Å². The maximum atomic E-state index is 5.99. The van der Waals surface area contributed by atoms with Crippen molar-refractivity contribution >= 4 is 41.0 Å². The number of hydrogen-bond donors (Lipinski definition) is 2. The monoisotopic (exact) mass is 451 g/mol. The molecule has 0 heterocycles. The third-order valence-electron chi connectivity index (χ3n) is 4.24. The van der Waals surface area contributed by atoms with Crippen LogP contribution in [0.2, 0.25) is 0 Å². The van der Waals surface area contributed by atoms with Gasteiger partial charge in [-0.15, -0.1) is 11.8 Å². The molecule has 160 valence electrons. The number of methoxy groups -OCH3 is 1. The quantitative estimate of drug-likeness (QED) is 0.147. The maximum Gasteiger partial charge on any atom is 0.191 e. The van der Waals surface area contributed by atoms with Crippen LogP contribution in [0.3, 0.4) is 0 Å². The Morgan fingerprint density at radius 2 is 1.84 bits per heavy atom. The van der Waals surface area contributed by atoms with E-state index in [1.807, 2.05) is 67.6 Å². The lowest BCUT2D eigenvalue weighted by Gasteiger charge is -2.10. The number of ether oxygens (including phenoxy) is 2. The summed E-state index contributed by atoms with van der Waals surface area (Å²) in [4.78, 5) is 1.24. The van der Waals surface area contributed by atoms with Gasteiger partial charge in [0.25, 0.3) is 0 Å². The smallest absolute Gasteiger partial charge is 0.191 e. The Morgan fingerprint density at radius 1 is 1.06 bits per heavy atom. The Hall–Kier alpha value is -3.03. The molecule has 0 saturated carbocycles. The SMILES string of the molecule is COc1ccc(NC(=S)N/N=C/c2cc(C)ccc2OCCSc2ccccc2)cc1. The van der Waals surface area contributed by atoms with Gasteiger partial charge in [-0.25, -0.2) is 0 Å². The van der Waals surface area contributed by atoms with Crippen LogP contribution in [0.1, 0.15) is 11.1 Å². The Bertz CT molecular complexity index is 1010. The van der Waals surface area contributed by atoms with Crippen molar-refractivity contribution in [2.75, 3.05) is 24.8 Å². The van der Waals surface area contributed by atoms with Crippen molar-refractivity contribution in [2.45, 2.75) is 11.8 Å². The molecule has 0 aliphatic carbocycles. The first-order valence-corrected chi connectivity index (χ1v) is 11.2. The van der Waals surface area contributed by atoms with Crippen molar-refractivity contribution in [3.63, 3.8) is 0 Å². The minimum Gasteiger partial charge on any atom is -0.497 e. The summed E-state index contributed by atoms with van der Waals surface area (Å²) in [6.45, 7) is 2.64. The molecule has 0 fully saturated rings. The summed E-state index contributed by atoms with van der Waals surface area (Å²) < 4.78 is 11.1. The molecule has 0 aromatic heterocycles. The first kappa shape index (κ1) is 22.7. The van der Waals surface area contributed by atoms with Gasteiger partial charge in [-0.05, 0) is 67.7 Å². The molecule has 31 heavy (non-hydrogen) atoms. The van der Waals surface area contributed by atoms with Gasteiger partial charge in [-0.2, -0.15) is 5.10 Å². The number of nitrogens with zero attached hydrogens (tertiary/aromatic N) is 1. The van der Waals surface area contributed by atoms with Gasteiger partial charge >= 0.3 is 0 Å². The zero-order valence-corrected chi connectivity index (χ0v) is 19.1. The highest BCUT2D eigenvalue weighted by atomic mass is 32.2. The predicted octanol–water partition coefficient (Wildman–Crippen LogP) is 5.50. The molecule has 2 N–H and O–H groups in total. The number of hydrazone groups is 1. The molecule has 0 atom stereocenters. The summed E-state index contributed by atoms with van der Waals surface area (Å²) in [6, 6.07) is 23.8. The van der Waals surface area contributed by atoms with E-state index < -0.39 is 0 Å². The molecule has 3 aromatic carbocycles. The lowest BCUT2D eigenvalue weighted by molar-refractivity contribution is 0.343. The minimum atomic E-state index is 0.399. The van der Waals surface area contributed by atoms with Crippen molar-refractivity contribution in [3.8, 4) is 11.5 Å². The summed E-state index contributed by atoms with van der Waals surface area (Å²) in [7, 11) is 1.63. The Kier molecular flexibility index (Phi) is 8.75. The zero-order valence-electron chi connectivity index (χ0n) is 17.5. The summed E-state index contributed by atoms with van der Waals surface area (Å²) in [5.41, 5.74) is 5.72. The molecule has 0 amide bonds. The average molecular weight is 452 g/mol. The fourth-order valence-corrected chi connectivity index (χ4v) is 3.64. The van der Waals surface area contributed by atoms with Gasteiger partial charge in [0, 0.05) is 21.9 Å². The second-order valence-electron chi connectivity index (χ2n) is 6.60. The van der Waals surface area contributed by atoms with Crippen molar-refractivity contribution in [2.24, 2.45) is 5.10 Å². The van der Waals surface area contributed by atoms with Crippen LogP contribution >= 0.6 is 24.0 Å². The summed E-state index contributed by atoms with van der Waals surface area (Å²) in [5.74, 6) is 2.44. The molecular weight excluding hydrogens is 426 g/mol. The van der Waals surface area contributed by atoms with Crippen LogP contribution in [-0.4, -0.2) is 30.8 Å². The first-order chi connectivity index (χ1) is 15.1. The van der Waals surface area contributed by atoms with Crippen LogP contribution in [0.25, 0.3) is 0 Å². The van der Waals surface area contributed by atoms with E-state index >= 15 is 0 Å². The van der Waals surface area contributed by atoms with E-state index in [4.69, 9.17) is 21.7 Å². The van der Waals surface area contributed by atoms with E-state index in [-0.39, 0.29) is 0 Å².